The van der Waals surface area contributed by atoms with Gasteiger partial charge in [-0.1, -0.05) is 0 Å². The molecule has 0 atom stereocenters. The number of benzene rings is 1. The predicted octanol–water partition coefficient (Wildman–Crippen LogP) is 2.65. The average molecular weight is 344 g/mol. The maximum atomic E-state index is 13.5. The predicted molar refractivity (Wildman–Crippen MR) is 83.6 cm³/mol. The van der Waals surface area contributed by atoms with Crippen LogP contribution in [0.1, 0.15) is 20.8 Å². The molecule has 0 unspecified atom stereocenters. The third kappa shape index (κ3) is 7.73. The summed E-state index contributed by atoms with van der Waals surface area (Å²) in [7, 11) is 0. The van der Waals surface area contributed by atoms with Gasteiger partial charge < -0.3 is 19.5 Å². The summed E-state index contributed by atoms with van der Waals surface area (Å²) in [5.41, 5.74) is -0.905. The van der Waals surface area contributed by atoms with Crippen LogP contribution in [-0.2, 0) is 9.47 Å². The van der Waals surface area contributed by atoms with Gasteiger partial charge in [-0.05, 0) is 26.8 Å². The summed E-state index contributed by atoms with van der Waals surface area (Å²) in [5.74, 6) is -0.896. The van der Waals surface area contributed by atoms with Crippen LogP contribution in [0, 0.1) is 15.9 Å². The minimum atomic E-state index is -0.809. The standard InChI is InChI=1S/C15H21FN2O6/c1-15(2,3)24-14(19)17-6-7-22-8-9-23-13-5-4-11(18(20)21)10-12(13)16/h4-5,10H,6-9H2,1-3H3,(H,17,19). The van der Waals surface area contributed by atoms with Crippen LogP contribution >= 0.6 is 0 Å². The summed E-state index contributed by atoms with van der Waals surface area (Å²) in [6, 6.07) is 3.14. The molecule has 0 spiro atoms. The van der Waals surface area contributed by atoms with Crippen LogP contribution in [0.5, 0.6) is 5.75 Å². The Morgan fingerprint density at radius 3 is 2.58 bits per heavy atom. The summed E-state index contributed by atoms with van der Waals surface area (Å²) in [6.07, 6.45) is -0.532. The van der Waals surface area contributed by atoms with E-state index >= 15 is 0 Å². The van der Waals surface area contributed by atoms with E-state index in [1.165, 1.54) is 6.07 Å². The number of hydrogen-bond donors (Lipinski definition) is 1. The zero-order chi connectivity index (χ0) is 18.2. The normalized spacial score (nSPS) is 11.0. The summed E-state index contributed by atoms with van der Waals surface area (Å²) in [6.45, 7) is 6.03. The van der Waals surface area contributed by atoms with Gasteiger partial charge in [-0.25, -0.2) is 9.18 Å². The summed E-state index contributed by atoms with van der Waals surface area (Å²) >= 11 is 0. The molecule has 8 nitrogen and oxygen atoms in total. The minimum Gasteiger partial charge on any atom is -0.488 e. The van der Waals surface area contributed by atoms with Crippen molar-refractivity contribution in [1.29, 1.82) is 0 Å². The Morgan fingerprint density at radius 1 is 1.29 bits per heavy atom. The number of carbonyl (C=O) groups excluding carboxylic acids is 1. The van der Waals surface area contributed by atoms with Crippen molar-refractivity contribution in [3.63, 3.8) is 0 Å². The van der Waals surface area contributed by atoms with Gasteiger partial charge >= 0.3 is 6.09 Å². The van der Waals surface area contributed by atoms with Gasteiger partial charge in [0.15, 0.2) is 11.6 Å². The zero-order valence-electron chi connectivity index (χ0n) is 13.8. The molecule has 1 aromatic carbocycles. The maximum absolute atomic E-state index is 13.5. The summed E-state index contributed by atoms with van der Waals surface area (Å²) in [5, 5.41) is 13.0. The van der Waals surface area contributed by atoms with E-state index in [9.17, 15) is 19.3 Å². The lowest BCUT2D eigenvalue weighted by Crippen LogP contribution is -2.34. The van der Waals surface area contributed by atoms with Gasteiger partial charge in [0.25, 0.3) is 5.69 Å². The quantitative estimate of drug-likeness (QED) is 0.442. The van der Waals surface area contributed by atoms with E-state index in [0.717, 1.165) is 12.1 Å². The number of nitrogens with zero attached hydrogens (tertiary/aromatic N) is 1. The Kier molecular flexibility index (Phi) is 7.37. The lowest BCUT2D eigenvalue weighted by atomic mass is 10.2. The molecule has 1 N–H and O–H groups in total. The van der Waals surface area contributed by atoms with Crippen molar-refractivity contribution in [2.24, 2.45) is 0 Å². The molecular formula is C15H21FN2O6. The third-order valence-corrected chi connectivity index (χ3v) is 2.53. The molecular weight excluding hydrogens is 323 g/mol. The first-order valence-corrected chi connectivity index (χ1v) is 7.30. The van der Waals surface area contributed by atoms with Crippen LogP contribution in [0.25, 0.3) is 0 Å². The number of carbonyl (C=O) groups is 1. The molecule has 1 amide bonds. The molecule has 134 valence electrons. The van der Waals surface area contributed by atoms with Crippen molar-refractivity contribution in [1.82, 2.24) is 5.32 Å². The first-order valence-electron chi connectivity index (χ1n) is 7.30. The highest BCUT2D eigenvalue weighted by Gasteiger charge is 2.15. The number of nitrogens with one attached hydrogen (secondary N) is 1. The lowest BCUT2D eigenvalue weighted by Gasteiger charge is -2.19. The van der Waals surface area contributed by atoms with Crippen LogP contribution in [0.3, 0.4) is 0 Å². The fourth-order valence-electron chi connectivity index (χ4n) is 1.57. The largest absolute Gasteiger partial charge is 0.488 e. The van der Waals surface area contributed by atoms with E-state index in [4.69, 9.17) is 14.2 Å². The molecule has 9 heteroatoms. The summed E-state index contributed by atoms with van der Waals surface area (Å²) < 4.78 is 28.9. The lowest BCUT2D eigenvalue weighted by molar-refractivity contribution is -0.385. The molecule has 0 fully saturated rings. The smallest absolute Gasteiger partial charge is 0.407 e. The van der Waals surface area contributed by atoms with E-state index in [1.807, 2.05) is 0 Å². The molecule has 1 aromatic rings. The van der Waals surface area contributed by atoms with Gasteiger partial charge in [0, 0.05) is 12.6 Å². The number of non-ortho nitro benzene ring substituents is 1. The molecule has 0 aliphatic heterocycles. The number of nitro groups is 1. The van der Waals surface area contributed by atoms with Gasteiger partial charge in [-0.3, -0.25) is 10.1 Å². The molecule has 0 saturated carbocycles. The SMILES string of the molecule is CC(C)(C)OC(=O)NCCOCCOc1ccc([N+](=O)[O-])cc1F. The van der Waals surface area contributed by atoms with Crippen molar-refractivity contribution >= 4 is 11.8 Å². The van der Waals surface area contributed by atoms with Crippen LogP contribution in [0.4, 0.5) is 14.9 Å². The Balaban J connectivity index is 2.17. The van der Waals surface area contributed by atoms with E-state index in [0.29, 0.717) is 0 Å². The van der Waals surface area contributed by atoms with Gasteiger partial charge in [-0.15, -0.1) is 0 Å². The Labute approximate surface area is 139 Å². The fraction of sp³-hybridized carbons (Fsp3) is 0.533. The topological polar surface area (TPSA) is 99.9 Å². The van der Waals surface area contributed by atoms with Gasteiger partial charge in [0.1, 0.15) is 12.2 Å². The molecule has 0 saturated heterocycles. The summed E-state index contributed by atoms with van der Waals surface area (Å²) in [4.78, 5) is 21.1. The third-order valence-electron chi connectivity index (χ3n) is 2.53. The maximum Gasteiger partial charge on any atom is 0.407 e. The van der Waals surface area contributed by atoms with E-state index in [2.05, 4.69) is 5.32 Å². The van der Waals surface area contributed by atoms with E-state index in [1.54, 1.807) is 20.8 Å². The number of amides is 1. The van der Waals surface area contributed by atoms with Crippen LogP contribution in [0.2, 0.25) is 0 Å². The molecule has 0 aliphatic carbocycles. The van der Waals surface area contributed by atoms with Crippen LogP contribution in [0.15, 0.2) is 18.2 Å². The zero-order valence-corrected chi connectivity index (χ0v) is 13.8. The molecule has 0 bridgehead atoms. The second-order valence-corrected chi connectivity index (χ2v) is 5.76. The number of rotatable bonds is 8. The Hall–Kier alpha value is -2.42. The van der Waals surface area contributed by atoms with Crippen molar-refractivity contribution < 1.29 is 28.3 Å². The molecule has 0 aliphatic rings. The van der Waals surface area contributed by atoms with Crippen molar-refractivity contribution in [3.05, 3.63) is 34.1 Å². The Morgan fingerprint density at radius 2 is 2.00 bits per heavy atom. The van der Waals surface area contributed by atoms with Gasteiger partial charge in [0.05, 0.1) is 24.2 Å². The first kappa shape index (κ1) is 19.6. The van der Waals surface area contributed by atoms with Crippen molar-refractivity contribution in [2.45, 2.75) is 26.4 Å². The van der Waals surface area contributed by atoms with Gasteiger partial charge in [0.2, 0.25) is 0 Å². The monoisotopic (exact) mass is 344 g/mol. The second kappa shape index (κ2) is 9.02. The average Bonchev–Trinajstić information content (AvgIpc) is 2.45. The number of halogens is 1. The molecule has 0 aromatic heterocycles. The second-order valence-electron chi connectivity index (χ2n) is 5.76. The number of alkyl carbamates (subject to hydrolysis) is 1. The van der Waals surface area contributed by atoms with Crippen LogP contribution < -0.4 is 10.1 Å². The Bertz CT molecular complexity index is 574. The molecule has 0 radical (unpaired) electrons. The molecule has 24 heavy (non-hydrogen) atoms. The van der Waals surface area contributed by atoms with Crippen LogP contribution in [-0.4, -0.2) is 43.0 Å². The number of hydrogen-bond acceptors (Lipinski definition) is 6. The first-order chi connectivity index (χ1) is 11.2. The van der Waals surface area contributed by atoms with Crippen molar-refractivity contribution in [3.8, 4) is 5.75 Å². The number of ether oxygens (including phenoxy) is 3. The highest BCUT2D eigenvalue weighted by molar-refractivity contribution is 5.67. The van der Waals surface area contributed by atoms with Crippen molar-refractivity contribution in [2.75, 3.05) is 26.4 Å². The number of nitro benzene ring substituents is 1. The minimum absolute atomic E-state index is 0.0706. The fourth-order valence-corrected chi connectivity index (χ4v) is 1.57. The highest BCUT2D eigenvalue weighted by atomic mass is 19.1. The molecule has 0 heterocycles. The highest BCUT2D eigenvalue weighted by Crippen LogP contribution is 2.22. The molecule has 1 rings (SSSR count). The van der Waals surface area contributed by atoms with Gasteiger partial charge in [-0.2, -0.15) is 0 Å². The van der Waals surface area contributed by atoms with E-state index < -0.39 is 22.4 Å². The van der Waals surface area contributed by atoms with E-state index in [-0.39, 0.29) is 37.8 Å².